The zero-order valence-electron chi connectivity index (χ0n) is 17.9. The number of carbonyl (C=O) groups excluding carboxylic acids is 2. The predicted octanol–water partition coefficient (Wildman–Crippen LogP) is 0.00710. The summed E-state index contributed by atoms with van der Waals surface area (Å²) in [5.41, 5.74) is 0.830. The van der Waals surface area contributed by atoms with E-state index in [1.54, 1.807) is 17.0 Å². The van der Waals surface area contributed by atoms with Gasteiger partial charge in [0.1, 0.15) is 24.8 Å². The number of hydrogen-bond acceptors (Lipinski definition) is 9. The van der Waals surface area contributed by atoms with Crippen LogP contribution in [0.1, 0.15) is 0 Å². The molecule has 0 saturated carbocycles. The topological polar surface area (TPSA) is 118 Å². The van der Waals surface area contributed by atoms with Gasteiger partial charge in [-0.25, -0.2) is 13.9 Å². The Balaban J connectivity index is 1.33. The maximum atomic E-state index is 14.9. The van der Waals surface area contributed by atoms with E-state index in [0.29, 0.717) is 44.1 Å². The number of cyclic esters (lactones) is 1. The first-order valence-electron chi connectivity index (χ1n) is 10.3. The molecule has 1 N–H and O–H groups in total. The van der Waals surface area contributed by atoms with E-state index in [-0.39, 0.29) is 24.2 Å². The van der Waals surface area contributed by atoms with E-state index in [1.807, 2.05) is 4.90 Å². The lowest BCUT2D eigenvalue weighted by Crippen LogP contribution is -2.49. The van der Waals surface area contributed by atoms with Crippen LogP contribution in [0.25, 0.3) is 0 Å². The molecule has 2 saturated heterocycles. The van der Waals surface area contributed by atoms with Crippen LogP contribution in [0.4, 0.5) is 20.6 Å². The molecule has 176 valence electrons. The summed E-state index contributed by atoms with van der Waals surface area (Å²) >= 11 is 4.91. The van der Waals surface area contributed by atoms with Gasteiger partial charge in [0.05, 0.1) is 31.6 Å². The van der Waals surface area contributed by atoms with Crippen molar-refractivity contribution in [2.24, 2.45) is 0 Å². The zero-order valence-corrected chi connectivity index (χ0v) is 18.7. The van der Waals surface area contributed by atoms with Crippen LogP contribution in [0.5, 0.6) is 0 Å². The van der Waals surface area contributed by atoms with Crippen LogP contribution in [-0.4, -0.2) is 94.8 Å². The molecule has 4 rings (SSSR count). The van der Waals surface area contributed by atoms with Gasteiger partial charge in [-0.05, 0) is 40.8 Å². The Bertz CT molecular complexity index is 1020. The number of nitrogens with zero attached hydrogens (tertiary/aromatic N) is 7. The number of thiocarbonyl (C=S) groups is 1. The Morgan fingerprint density at radius 3 is 2.79 bits per heavy atom. The van der Waals surface area contributed by atoms with E-state index in [9.17, 15) is 14.0 Å². The molecule has 3 heterocycles. The number of hydrogen-bond donors (Lipinski definition) is 1. The van der Waals surface area contributed by atoms with Crippen LogP contribution >= 0.6 is 12.2 Å². The minimum absolute atomic E-state index is 0.0652. The highest BCUT2D eigenvalue weighted by Crippen LogP contribution is 2.28. The molecule has 2 aliphatic heterocycles. The molecule has 1 aromatic carbocycles. The van der Waals surface area contributed by atoms with Crippen molar-refractivity contribution < 1.29 is 23.5 Å². The van der Waals surface area contributed by atoms with E-state index in [2.05, 4.69) is 20.8 Å². The number of carbonyl (C=O) groups is 2. The fourth-order valence-electron chi connectivity index (χ4n) is 3.72. The molecule has 1 atom stereocenters. The van der Waals surface area contributed by atoms with Crippen molar-refractivity contribution in [1.29, 1.82) is 0 Å². The summed E-state index contributed by atoms with van der Waals surface area (Å²) in [6.07, 6.45) is 0.397. The highest BCUT2D eigenvalue weighted by molar-refractivity contribution is 7.80. The van der Waals surface area contributed by atoms with Crippen LogP contribution in [0.15, 0.2) is 24.5 Å². The average molecular weight is 479 g/mol. The molecule has 0 radical (unpaired) electrons. The Hall–Kier alpha value is -3.55. The minimum Gasteiger partial charge on any atom is -0.474 e. The Morgan fingerprint density at radius 1 is 1.33 bits per heavy atom. The van der Waals surface area contributed by atoms with Gasteiger partial charge in [-0.1, -0.05) is 0 Å². The number of ether oxygens (including phenoxy) is 2. The van der Waals surface area contributed by atoms with Gasteiger partial charge in [-0.3, -0.25) is 9.69 Å². The summed E-state index contributed by atoms with van der Waals surface area (Å²) < 4.78 is 26.5. The second-order valence-electron chi connectivity index (χ2n) is 7.50. The third-order valence-corrected chi connectivity index (χ3v) is 5.75. The highest BCUT2D eigenvalue weighted by Gasteiger charge is 2.33. The maximum absolute atomic E-state index is 14.9. The van der Waals surface area contributed by atoms with Crippen LogP contribution in [-0.2, 0) is 20.8 Å². The van der Waals surface area contributed by atoms with E-state index in [0.717, 1.165) is 0 Å². The molecular formula is C19H23FN8O4S. The zero-order chi connectivity index (χ0) is 23.4. The largest absolute Gasteiger partial charge is 0.474 e. The predicted molar refractivity (Wildman–Crippen MR) is 118 cm³/mol. The molecule has 12 nitrogen and oxygen atoms in total. The number of piperazine rings is 1. The molecule has 2 amide bonds. The van der Waals surface area contributed by atoms with E-state index in [1.165, 1.54) is 29.1 Å². The molecule has 33 heavy (non-hydrogen) atoms. The third-order valence-electron chi connectivity index (χ3n) is 5.44. The van der Waals surface area contributed by atoms with Crippen LogP contribution in [0.2, 0.25) is 0 Å². The van der Waals surface area contributed by atoms with Gasteiger partial charge in [0.15, 0.2) is 0 Å². The van der Waals surface area contributed by atoms with Crippen LogP contribution in [0, 0.1) is 5.82 Å². The van der Waals surface area contributed by atoms with E-state index >= 15 is 0 Å². The first-order valence-corrected chi connectivity index (χ1v) is 10.7. The summed E-state index contributed by atoms with van der Waals surface area (Å²) in [7, 11) is 1.45. The fourth-order valence-corrected chi connectivity index (χ4v) is 3.80. The maximum Gasteiger partial charge on any atom is 0.414 e. The normalized spacial score (nSPS) is 18.3. The molecule has 2 aromatic rings. The molecule has 14 heteroatoms. The van der Waals surface area contributed by atoms with Crippen molar-refractivity contribution in [1.82, 2.24) is 30.4 Å². The summed E-state index contributed by atoms with van der Waals surface area (Å²) in [6.45, 7) is 2.50. The minimum atomic E-state index is -0.549. The molecule has 0 unspecified atom stereocenters. The number of rotatable bonds is 6. The lowest BCUT2D eigenvalue weighted by Gasteiger charge is -2.36. The van der Waals surface area contributed by atoms with E-state index < -0.39 is 18.0 Å². The molecular weight excluding hydrogens is 455 g/mol. The first-order chi connectivity index (χ1) is 15.9. The van der Waals surface area contributed by atoms with Crippen LogP contribution < -0.4 is 15.1 Å². The van der Waals surface area contributed by atoms with E-state index in [4.69, 9.17) is 21.7 Å². The van der Waals surface area contributed by atoms with Gasteiger partial charge in [-0.2, -0.15) is 0 Å². The summed E-state index contributed by atoms with van der Waals surface area (Å²) in [6, 6.07) is 4.65. The fraction of sp³-hybridized carbons (Fsp3) is 0.474. The summed E-state index contributed by atoms with van der Waals surface area (Å²) in [5, 5.41) is 13.8. The number of amides is 2. The van der Waals surface area contributed by atoms with Gasteiger partial charge in [0.2, 0.25) is 5.91 Å². The number of aromatic nitrogens is 4. The van der Waals surface area contributed by atoms with Gasteiger partial charge >= 0.3 is 6.09 Å². The van der Waals surface area contributed by atoms with Gasteiger partial charge in [0.25, 0.3) is 5.17 Å². The molecule has 2 aliphatic rings. The Labute approximate surface area is 194 Å². The Kier molecular flexibility index (Phi) is 6.82. The molecule has 0 spiro atoms. The quantitative estimate of drug-likeness (QED) is 0.569. The van der Waals surface area contributed by atoms with Crippen molar-refractivity contribution in [3.63, 3.8) is 0 Å². The van der Waals surface area contributed by atoms with Crippen molar-refractivity contribution >= 4 is 40.8 Å². The third kappa shape index (κ3) is 5.27. The second-order valence-corrected chi connectivity index (χ2v) is 7.87. The molecule has 2 fully saturated rings. The van der Waals surface area contributed by atoms with Crippen molar-refractivity contribution in [3.8, 4) is 0 Å². The highest BCUT2D eigenvalue weighted by atomic mass is 32.1. The number of tetrazole rings is 1. The lowest BCUT2D eigenvalue weighted by atomic mass is 10.2. The summed E-state index contributed by atoms with van der Waals surface area (Å²) in [5.74, 6) is -0.545. The number of nitrogens with one attached hydrogen (secondary N) is 1. The number of anilines is 2. The van der Waals surface area contributed by atoms with Gasteiger partial charge < -0.3 is 24.6 Å². The number of methoxy groups -OCH3 is 1. The Morgan fingerprint density at radius 2 is 2.12 bits per heavy atom. The SMILES string of the molecule is COC(=S)NC[C@H]1CN(c2ccc(N3CCN(C(=O)Cn4cnnn4)CC3)c(F)c2)C(=O)O1. The molecule has 0 aliphatic carbocycles. The van der Waals surface area contributed by atoms with Gasteiger partial charge in [-0.15, -0.1) is 5.10 Å². The van der Waals surface area contributed by atoms with Gasteiger partial charge in [0, 0.05) is 26.2 Å². The first kappa shape index (κ1) is 22.6. The number of benzene rings is 1. The van der Waals surface area contributed by atoms with Crippen molar-refractivity contribution in [3.05, 3.63) is 30.3 Å². The lowest BCUT2D eigenvalue weighted by molar-refractivity contribution is -0.132. The number of halogens is 1. The smallest absolute Gasteiger partial charge is 0.414 e. The monoisotopic (exact) mass is 478 g/mol. The van der Waals surface area contributed by atoms with Crippen molar-refractivity contribution in [2.75, 3.05) is 56.2 Å². The second kappa shape index (κ2) is 9.94. The summed E-state index contributed by atoms with van der Waals surface area (Å²) in [4.78, 5) is 29.6. The van der Waals surface area contributed by atoms with Crippen LogP contribution in [0.3, 0.4) is 0 Å². The van der Waals surface area contributed by atoms with Crippen molar-refractivity contribution in [2.45, 2.75) is 12.6 Å². The molecule has 1 aromatic heterocycles. The average Bonchev–Trinajstić information content (AvgIpc) is 3.46. The molecule has 0 bridgehead atoms. The standard InChI is InChI=1S/C19H23FN8O4S/c1-31-18(33)21-9-14-10-28(19(30)32-14)13-2-3-16(15(20)8-13)25-4-6-26(7-5-25)17(29)11-27-12-22-23-24-27/h2-3,8,12,14H,4-7,9-11H2,1H3,(H,21,33)/t14-/m0/s1.